The monoisotopic (exact) mass is 113 g/mol. The third-order valence-corrected chi connectivity index (χ3v) is 1.50. The molecule has 47 valence electrons. The molecule has 8 heavy (non-hydrogen) atoms. The minimum Gasteiger partial charge on any atom is -0.372 e. The molecule has 1 nitrogen and oxygen atoms in total. The second-order valence-electron chi connectivity index (χ2n) is 2.24. The third kappa shape index (κ3) is 1.48. The van der Waals surface area contributed by atoms with E-state index in [1.165, 1.54) is 31.8 Å². The summed E-state index contributed by atoms with van der Waals surface area (Å²) in [6.07, 6.45) is 6.34. The van der Waals surface area contributed by atoms with E-state index in [1.807, 2.05) is 0 Å². The lowest BCUT2D eigenvalue weighted by molar-refractivity contribution is 0.0340. The Bertz CT molecular complexity index is 57.4. The highest BCUT2D eigenvalue weighted by Crippen LogP contribution is 2.24. The van der Waals surface area contributed by atoms with Crippen LogP contribution < -0.4 is 0 Å². The van der Waals surface area contributed by atoms with Crippen LogP contribution in [0.2, 0.25) is 0 Å². The van der Waals surface area contributed by atoms with Gasteiger partial charge in [-0.3, -0.25) is 0 Å². The molecule has 0 aromatic heterocycles. The first-order chi connectivity index (χ1) is 3.93. The van der Waals surface area contributed by atoms with E-state index in [0.29, 0.717) is 0 Å². The van der Waals surface area contributed by atoms with Gasteiger partial charge >= 0.3 is 0 Å². The molecular weight excluding hydrogens is 100 g/mol. The van der Waals surface area contributed by atoms with E-state index in [0.717, 1.165) is 6.61 Å². The van der Waals surface area contributed by atoms with E-state index in [2.05, 4.69) is 6.92 Å². The molecule has 1 rings (SSSR count). The first-order valence-electron chi connectivity index (χ1n) is 3.41. The van der Waals surface area contributed by atoms with Crippen molar-refractivity contribution in [2.75, 3.05) is 6.61 Å². The zero-order chi connectivity index (χ0) is 5.82. The maximum atomic E-state index is 5.15. The summed E-state index contributed by atoms with van der Waals surface area (Å²) in [6, 6.07) is 0. The average Bonchev–Trinajstić information content (AvgIpc) is 1.63. The fourth-order valence-corrected chi connectivity index (χ4v) is 0.818. The Kier molecular flexibility index (Phi) is 2.34. The van der Waals surface area contributed by atoms with Crippen LogP contribution in [0.4, 0.5) is 0 Å². The van der Waals surface area contributed by atoms with Crippen molar-refractivity contribution in [2.24, 2.45) is 0 Å². The first-order valence-corrected chi connectivity index (χ1v) is 3.41. The summed E-state index contributed by atoms with van der Waals surface area (Å²) < 4.78 is 5.15. The van der Waals surface area contributed by atoms with E-state index >= 15 is 0 Å². The van der Waals surface area contributed by atoms with Gasteiger partial charge in [-0.15, -0.1) is 0 Å². The molecule has 1 heterocycles. The second-order valence-corrected chi connectivity index (χ2v) is 2.24. The number of rotatable bonds is 3. The lowest BCUT2D eigenvalue weighted by Gasteiger charge is -2.24. The van der Waals surface area contributed by atoms with Crippen molar-refractivity contribution in [1.82, 2.24) is 0 Å². The molecule has 0 N–H and O–H groups in total. The zero-order valence-electron chi connectivity index (χ0n) is 5.44. The van der Waals surface area contributed by atoms with E-state index < -0.39 is 0 Å². The third-order valence-electron chi connectivity index (χ3n) is 1.50. The van der Waals surface area contributed by atoms with Crippen LogP contribution in [0.3, 0.4) is 0 Å². The van der Waals surface area contributed by atoms with Crippen molar-refractivity contribution in [3.05, 3.63) is 6.10 Å². The van der Waals surface area contributed by atoms with Crippen molar-refractivity contribution in [2.45, 2.75) is 32.6 Å². The van der Waals surface area contributed by atoms with Gasteiger partial charge in [0.1, 0.15) is 0 Å². The van der Waals surface area contributed by atoms with Gasteiger partial charge in [0, 0.05) is 6.42 Å². The lowest BCUT2D eigenvalue weighted by Crippen LogP contribution is -2.17. The van der Waals surface area contributed by atoms with E-state index in [4.69, 9.17) is 4.74 Å². The van der Waals surface area contributed by atoms with Crippen LogP contribution in [-0.2, 0) is 4.74 Å². The maximum absolute atomic E-state index is 5.15. The van der Waals surface area contributed by atoms with Crippen molar-refractivity contribution in [1.29, 1.82) is 0 Å². The summed E-state index contributed by atoms with van der Waals surface area (Å²) >= 11 is 0. The average molecular weight is 113 g/mol. The smallest absolute Gasteiger partial charge is 0.0993 e. The van der Waals surface area contributed by atoms with Crippen LogP contribution in [0.5, 0.6) is 0 Å². The van der Waals surface area contributed by atoms with Gasteiger partial charge in [0.15, 0.2) is 0 Å². The van der Waals surface area contributed by atoms with E-state index in [1.54, 1.807) is 0 Å². The number of ether oxygens (including phenoxy) is 1. The molecule has 0 saturated carbocycles. The zero-order valence-corrected chi connectivity index (χ0v) is 5.44. The SMILES string of the molecule is CCCC[C]1CCO1. The molecule has 0 aromatic rings. The molecule has 0 aliphatic carbocycles. The van der Waals surface area contributed by atoms with Gasteiger partial charge in [-0.2, -0.15) is 0 Å². The summed E-state index contributed by atoms with van der Waals surface area (Å²) in [5, 5.41) is 0. The van der Waals surface area contributed by atoms with Crippen LogP contribution >= 0.6 is 0 Å². The van der Waals surface area contributed by atoms with Gasteiger partial charge in [-0.25, -0.2) is 0 Å². The highest BCUT2D eigenvalue weighted by Gasteiger charge is 2.17. The number of hydrogen-bond donors (Lipinski definition) is 0. The van der Waals surface area contributed by atoms with E-state index in [-0.39, 0.29) is 0 Å². The molecule has 0 aromatic carbocycles. The van der Waals surface area contributed by atoms with Crippen molar-refractivity contribution >= 4 is 0 Å². The summed E-state index contributed by atoms with van der Waals surface area (Å²) in [5.41, 5.74) is 0. The molecule has 0 spiro atoms. The summed E-state index contributed by atoms with van der Waals surface area (Å²) in [7, 11) is 0. The highest BCUT2D eigenvalue weighted by atomic mass is 16.5. The maximum Gasteiger partial charge on any atom is 0.0993 e. The van der Waals surface area contributed by atoms with Crippen LogP contribution in [0.15, 0.2) is 0 Å². The number of hydrogen-bond acceptors (Lipinski definition) is 1. The Morgan fingerprint density at radius 3 is 2.75 bits per heavy atom. The molecule has 0 unspecified atom stereocenters. The predicted molar refractivity (Wildman–Crippen MR) is 33.3 cm³/mol. The quantitative estimate of drug-likeness (QED) is 0.544. The molecule has 0 atom stereocenters. The van der Waals surface area contributed by atoms with E-state index in [9.17, 15) is 0 Å². The molecule has 0 amide bonds. The molecule has 1 aliphatic heterocycles. The first kappa shape index (κ1) is 6.09. The van der Waals surface area contributed by atoms with Gasteiger partial charge in [0.05, 0.1) is 12.7 Å². The predicted octanol–water partition coefficient (Wildman–Crippen LogP) is 2.13. The van der Waals surface area contributed by atoms with Crippen molar-refractivity contribution < 1.29 is 4.74 Å². The van der Waals surface area contributed by atoms with Crippen molar-refractivity contribution in [3.63, 3.8) is 0 Å². The normalized spacial score (nSPS) is 20.6. The largest absolute Gasteiger partial charge is 0.372 e. The molecule has 1 aliphatic rings. The Hall–Kier alpha value is -0.0400. The van der Waals surface area contributed by atoms with Crippen LogP contribution in [-0.4, -0.2) is 6.61 Å². The van der Waals surface area contributed by atoms with Crippen LogP contribution in [0.1, 0.15) is 32.6 Å². The van der Waals surface area contributed by atoms with Crippen LogP contribution in [0, 0.1) is 6.10 Å². The van der Waals surface area contributed by atoms with Gasteiger partial charge in [-0.1, -0.05) is 19.8 Å². The topological polar surface area (TPSA) is 9.23 Å². The minimum absolute atomic E-state index is 0.971. The molecule has 1 saturated heterocycles. The molecule has 0 bridgehead atoms. The Labute approximate surface area is 51.0 Å². The van der Waals surface area contributed by atoms with Gasteiger partial charge in [-0.05, 0) is 6.42 Å². The van der Waals surface area contributed by atoms with Gasteiger partial charge in [0.25, 0.3) is 0 Å². The molecule has 1 radical (unpaired) electrons. The standard InChI is InChI=1S/C7H13O/c1-2-3-4-7-5-6-8-7/h2-6H2,1H3. The van der Waals surface area contributed by atoms with Crippen LogP contribution in [0.25, 0.3) is 0 Å². The van der Waals surface area contributed by atoms with Crippen molar-refractivity contribution in [3.8, 4) is 0 Å². The Balaban J connectivity index is 1.86. The summed E-state index contributed by atoms with van der Waals surface area (Å²) in [4.78, 5) is 0. The lowest BCUT2D eigenvalue weighted by atomic mass is 10.1. The Morgan fingerprint density at radius 2 is 2.38 bits per heavy atom. The highest BCUT2D eigenvalue weighted by molar-refractivity contribution is 4.84. The molecule has 1 fully saturated rings. The Morgan fingerprint density at radius 1 is 1.62 bits per heavy atom. The number of unbranched alkanes of at least 4 members (excludes halogenated alkanes) is 1. The fraction of sp³-hybridized carbons (Fsp3) is 0.857. The molecule has 1 heteroatoms. The summed E-state index contributed by atoms with van der Waals surface area (Å²) in [6.45, 7) is 3.18. The van der Waals surface area contributed by atoms with Gasteiger partial charge in [0.2, 0.25) is 0 Å². The molecular formula is C7H13O. The van der Waals surface area contributed by atoms with Gasteiger partial charge < -0.3 is 4.74 Å². The second kappa shape index (κ2) is 3.08. The minimum atomic E-state index is 0.971. The summed E-state index contributed by atoms with van der Waals surface area (Å²) in [5.74, 6) is 0. The fourth-order valence-electron chi connectivity index (χ4n) is 0.818.